The lowest BCUT2D eigenvalue weighted by Gasteiger charge is -2.21. The van der Waals surface area contributed by atoms with Crippen molar-refractivity contribution in [2.75, 3.05) is 39.6 Å². The topological polar surface area (TPSA) is 237 Å². The molecule has 101 heavy (non-hydrogen) atoms. The van der Waals surface area contributed by atoms with E-state index in [4.69, 9.17) is 37.0 Å². The van der Waals surface area contributed by atoms with E-state index in [0.717, 1.165) is 96.3 Å². The summed E-state index contributed by atoms with van der Waals surface area (Å²) in [5, 5.41) is 10.6. The quantitative estimate of drug-likeness (QED) is 0.0222. The van der Waals surface area contributed by atoms with Gasteiger partial charge in [-0.1, -0.05) is 394 Å². The van der Waals surface area contributed by atoms with Gasteiger partial charge < -0.3 is 33.8 Å². The first kappa shape index (κ1) is 99.1. The van der Waals surface area contributed by atoms with Gasteiger partial charge in [0.1, 0.15) is 19.3 Å². The van der Waals surface area contributed by atoms with Crippen LogP contribution in [0, 0.1) is 0 Å². The number of aliphatic hydroxyl groups is 1. The summed E-state index contributed by atoms with van der Waals surface area (Å²) in [4.78, 5) is 72.8. The number of ether oxygens (including phenoxy) is 4. The van der Waals surface area contributed by atoms with Crippen LogP contribution in [0.5, 0.6) is 0 Å². The van der Waals surface area contributed by atoms with E-state index in [1.165, 1.54) is 270 Å². The van der Waals surface area contributed by atoms with Gasteiger partial charge in [0.05, 0.1) is 26.4 Å². The van der Waals surface area contributed by atoms with Crippen molar-refractivity contribution in [3.63, 3.8) is 0 Å². The highest BCUT2D eigenvalue weighted by Gasteiger charge is 2.30. The van der Waals surface area contributed by atoms with Gasteiger partial charge in [-0.25, -0.2) is 9.13 Å². The van der Waals surface area contributed by atoms with Crippen LogP contribution in [0.3, 0.4) is 0 Å². The first-order chi connectivity index (χ1) is 49.2. The Bertz CT molecular complexity index is 1910. The van der Waals surface area contributed by atoms with E-state index in [1.54, 1.807) is 0 Å². The van der Waals surface area contributed by atoms with Gasteiger partial charge in [0.25, 0.3) is 0 Å². The fourth-order valence-corrected chi connectivity index (χ4v) is 14.4. The highest BCUT2D eigenvalue weighted by atomic mass is 31.2. The second-order valence-corrected chi connectivity index (χ2v) is 32.4. The van der Waals surface area contributed by atoms with Gasteiger partial charge in [-0.05, 0) is 25.7 Å². The minimum atomic E-state index is -4.96. The van der Waals surface area contributed by atoms with E-state index in [-0.39, 0.29) is 25.7 Å². The number of phosphoric ester groups is 2. The first-order valence-electron chi connectivity index (χ1n) is 42.8. The number of carbonyl (C=O) groups is 4. The van der Waals surface area contributed by atoms with Crippen molar-refractivity contribution < 1.29 is 80.2 Å². The Morgan fingerprint density at radius 3 is 0.584 bits per heavy atom. The molecule has 0 amide bonds. The van der Waals surface area contributed by atoms with Crippen molar-refractivity contribution in [1.82, 2.24) is 0 Å². The molecule has 0 saturated heterocycles. The molecule has 0 rings (SSSR count). The van der Waals surface area contributed by atoms with E-state index < -0.39 is 97.5 Å². The number of aliphatic hydroxyl groups excluding tert-OH is 1. The van der Waals surface area contributed by atoms with Crippen molar-refractivity contribution in [2.24, 2.45) is 0 Å². The van der Waals surface area contributed by atoms with Crippen molar-refractivity contribution in [3.05, 3.63) is 0 Å². The van der Waals surface area contributed by atoms with Crippen molar-refractivity contribution in [3.8, 4) is 0 Å². The van der Waals surface area contributed by atoms with Crippen LogP contribution in [0.15, 0.2) is 0 Å². The molecule has 3 N–H and O–H groups in total. The largest absolute Gasteiger partial charge is 0.472 e. The molecule has 0 aliphatic heterocycles. The van der Waals surface area contributed by atoms with Gasteiger partial charge in [0.15, 0.2) is 12.2 Å². The van der Waals surface area contributed by atoms with Crippen molar-refractivity contribution >= 4 is 39.5 Å². The number of hydrogen-bond donors (Lipinski definition) is 3. The second-order valence-electron chi connectivity index (χ2n) is 29.5. The molecule has 0 heterocycles. The minimum Gasteiger partial charge on any atom is -0.462 e. The fraction of sp³-hybridized carbons (Fsp3) is 0.951. The van der Waals surface area contributed by atoms with Crippen LogP contribution in [-0.4, -0.2) is 96.7 Å². The average Bonchev–Trinajstić information content (AvgIpc) is 1.04. The zero-order chi connectivity index (χ0) is 73.9. The van der Waals surface area contributed by atoms with Crippen LogP contribution in [0.1, 0.15) is 445 Å². The van der Waals surface area contributed by atoms with E-state index in [2.05, 4.69) is 27.7 Å². The fourth-order valence-electron chi connectivity index (χ4n) is 12.8. The summed E-state index contributed by atoms with van der Waals surface area (Å²) in [7, 11) is -9.91. The highest BCUT2D eigenvalue weighted by Crippen LogP contribution is 2.45. The second kappa shape index (κ2) is 76.3. The molecule has 0 saturated carbocycles. The molecule has 0 bridgehead atoms. The zero-order valence-electron chi connectivity index (χ0n) is 65.9. The number of unbranched alkanes of at least 4 members (excludes halogenated alkanes) is 57. The van der Waals surface area contributed by atoms with Gasteiger partial charge >= 0.3 is 39.5 Å². The van der Waals surface area contributed by atoms with Gasteiger partial charge in [-0.15, -0.1) is 0 Å². The Labute approximate surface area is 619 Å². The van der Waals surface area contributed by atoms with E-state index >= 15 is 0 Å². The Kier molecular flexibility index (Phi) is 74.8. The smallest absolute Gasteiger partial charge is 0.462 e. The Morgan fingerprint density at radius 2 is 0.396 bits per heavy atom. The predicted molar refractivity (Wildman–Crippen MR) is 414 cm³/mol. The molecule has 0 aromatic heterocycles. The van der Waals surface area contributed by atoms with Crippen LogP contribution in [0.2, 0.25) is 0 Å². The maximum atomic E-state index is 13.1. The Hall–Kier alpha value is -1.94. The first-order valence-corrected chi connectivity index (χ1v) is 45.8. The zero-order valence-corrected chi connectivity index (χ0v) is 67.7. The summed E-state index contributed by atoms with van der Waals surface area (Å²) >= 11 is 0. The molecule has 0 aliphatic carbocycles. The van der Waals surface area contributed by atoms with E-state index in [9.17, 15) is 43.2 Å². The van der Waals surface area contributed by atoms with E-state index in [1.807, 2.05) is 0 Å². The minimum absolute atomic E-state index is 0.106. The van der Waals surface area contributed by atoms with Crippen molar-refractivity contribution in [1.29, 1.82) is 0 Å². The predicted octanol–water partition coefficient (Wildman–Crippen LogP) is 25.0. The molecule has 5 atom stereocenters. The van der Waals surface area contributed by atoms with E-state index in [0.29, 0.717) is 25.7 Å². The van der Waals surface area contributed by atoms with Crippen LogP contribution in [-0.2, 0) is 65.4 Å². The molecule has 2 unspecified atom stereocenters. The molecular formula is C82H160O17P2. The molecular weight excluding hydrogens is 1320 g/mol. The summed E-state index contributed by atoms with van der Waals surface area (Å²) in [5.41, 5.74) is 0. The molecule has 0 aromatic rings. The van der Waals surface area contributed by atoms with Gasteiger partial charge in [0, 0.05) is 25.7 Å². The lowest BCUT2D eigenvalue weighted by atomic mass is 10.0. The lowest BCUT2D eigenvalue weighted by molar-refractivity contribution is -0.161. The van der Waals surface area contributed by atoms with Gasteiger partial charge in [0.2, 0.25) is 0 Å². The Balaban J connectivity index is 5.11. The van der Waals surface area contributed by atoms with Crippen LogP contribution in [0.4, 0.5) is 0 Å². The monoisotopic (exact) mass is 1480 g/mol. The molecule has 0 spiro atoms. The molecule has 0 aromatic carbocycles. The average molecular weight is 1480 g/mol. The maximum absolute atomic E-state index is 13.1. The third-order valence-corrected chi connectivity index (χ3v) is 21.3. The van der Waals surface area contributed by atoms with Crippen molar-refractivity contribution in [2.45, 2.75) is 463 Å². The highest BCUT2D eigenvalue weighted by molar-refractivity contribution is 7.47. The summed E-state index contributed by atoms with van der Waals surface area (Å²) in [6.45, 7) is 4.96. The van der Waals surface area contributed by atoms with Crippen LogP contribution >= 0.6 is 15.6 Å². The number of phosphoric acid groups is 2. The summed E-state index contributed by atoms with van der Waals surface area (Å²) in [5.74, 6) is -2.11. The summed E-state index contributed by atoms with van der Waals surface area (Å²) in [6, 6.07) is 0. The normalized spacial score (nSPS) is 13.8. The van der Waals surface area contributed by atoms with Crippen LogP contribution in [0.25, 0.3) is 0 Å². The van der Waals surface area contributed by atoms with Crippen LogP contribution < -0.4 is 0 Å². The van der Waals surface area contributed by atoms with Gasteiger partial charge in [-0.3, -0.25) is 37.3 Å². The number of esters is 4. The van der Waals surface area contributed by atoms with Gasteiger partial charge in [-0.2, -0.15) is 0 Å². The third kappa shape index (κ3) is 76.1. The molecule has 0 fully saturated rings. The standard InChI is InChI=1S/C82H160O17P2/c1-5-9-13-17-21-25-27-29-31-33-35-37-39-41-43-45-47-49-52-55-59-63-67-80(85)93-73-78(99-82(87)69-65-61-57-53-50-48-46-44-42-40-38-36-34-32-30-28-26-22-18-14-10-6-2)75-97-101(90,91)95-71-76(83)70-94-100(88,89)96-74-77(72-92-79(84)66-62-58-54-24-20-16-12-8-4)98-81(86)68-64-60-56-51-23-19-15-11-7-3/h76-78,83H,5-75H2,1-4H3,(H,88,89)(H,90,91)/t76-,77+,78+/m0/s1. The molecule has 19 heteroatoms. The Morgan fingerprint density at radius 1 is 0.238 bits per heavy atom. The number of carbonyl (C=O) groups excluding carboxylic acids is 4. The number of hydrogen-bond acceptors (Lipinski definition) is 15. The summed E-state index contributed by atoms with van der Waals surface area (Å²) in [6.07, 6.45) is 69.9. The molecule has 17 nitrogen and oxygen atoms in total. The maximum Gasteiger partial charge on any atom is 0.472 e. The molecule has 0 aliphatic rings. The molecule has 0 radical (unpaired) electrons. The molecule has 600 valence electrons. The number of rotatable bonds is 83. The SMILES string of the molecule is CCCCCCCCCCCCCCCCCCCCCCCCC(=O)OC[C@H](COP(=O)(O)OC[C@@H](O)COP(=O)(O)OC[C@@H](COC(=O)CCCCCCCCCC)OC(=O)CCCCCCCCCCC)OC(=O)CCCCCCCCCCCCCCCCCCCCCCCC. The third-order valence-electron chi connectivity index (χ3n) is 19.4. The lowest BCUT2D eigenvalue weighted by Crippen LogP contribution is -2.30. The summed E-state index contributed by atoms with van der Waals surface area (Å²) < 4.78 is 68.5.